The van der Waals surface area contributed by atoms with Gasteiger partial charge in [0.15, 0.2) is 0 Å². The monoisotopic (exact) mass is 456 g/mol. The summed E-state index contributed by atoms with van der Waals surface area (Å²) in [6.45, 7) is 0.782. The fourth-order valence-electron chi connectivity index (χ4n) is 5.54. The average molecular weight is 457 g/mol. The lowest BCUT2D eigenvalue weighted by molar-refractivity contribution is -0.143. The van der Waals surface area contributed by atoms with Crippen LogP contribution in [0.5, 0.6) is 0 Å². The molecule has 1 aliphatic carbocycles. The van der Waals surface area contributed by atoms with Crippen LogP contribution >= 0.6 is 0 Å². The number of hydrogen-bond donors (Lipinski definition) is 2. The van der Waals surface area contributed by atoms with Gasteiger partial charge in [0, 0.05) is 36.6 Å². The first-order valence-electron chi connectivity index (χ1n) is 11.6. The lowest BCUT2D eigenvalue weighted by Gasteiger charge is -2.42. The summed E-state index contributed by atoms with van der Waals surface area (Å²) in [6, 6.07) is 8.18. The molecule has 0 radical (unpaired) electrons. The second kappa shape index (κ2) is 8.86. The Kier molecular flexibility index (Phi) is 5.91. The molecule has 3 aromatic rings. The lowest BCUT2D eigenvalue weighted by Crippen LogP contribution is -2.49. The number of fused-ring (bicyclic) bond motifs is 1. The molecule has 5 rings (SSSR count). The summed E-state index contributed by atoms with van der Waals surface area (Å²) < 4.78 is 42.1. The smallest absolute Gasteiger partial charge is 0.225 e. The largest absolute Gasteiger partial charge is 0.396 e. The van der Waals surface area contributed by atoms with E-state index < -0.39 is 11.6 Å². The summed E-state index contributed by atoms with van der Waals surface area (Å²) in [6.07, 6.45) is 4.74. The maximum absolute atomic E-state index is 14.6. The van der Waals surface area contributed by atoms with Crippen molar-refractivity contribution in [3.8, 4) is 11.3 Å². The summed E-state index contributed by atoms with van der Waals surface area (Å²) in [5.74, 6) is -1.76. The van der Waals surface area contributed by atoms with Crippen LogP contribution in [-0.2, 0) is 4.79 Å². The number of benzene rings is 2. The highest BCUT2D eigenvalue weighted by atomic mass is 19.1. The summed E-state index contributed by atoms with van der Waals surface area (Å²) in [4.78, 5) is 18.2. The number of rotatable bonds is 5. The van der Waals surface area contributed by atoms with Crippen molar-refractivity contribution in [1.82, 2.24) is 9.88 Å². The molecule has 0 bridgehead atoms. The van der Waals surface area contributed by atoms with Gasteiger partial charge in [-0.2, -0.15) is 0 Å². The van der Waals surface area contributed by atoms with Crippen LogP contribution in [0.2, 0.25) is 0 Å². The van der Waals surface area contributed by atoms with Crippen molar-refractivity contribution in [3.63, 3.8) is 0 Å². The Hall–Kier alpha value is -2.80. The number of halogens is 3. The van der Waals surface area contributed by atoms with Gasteiger partial charge in [-0.05, 0) is 85.9 Å². The van der Waals surface area contributed by atoms with Crippen LogP contribution in [0.4, 0.5) is 13.2 Å². The summed E-state index contributed by atoms with van der Waals surface area (Å²) in [5, 5.41) is 9.84. The first-order chi connectivity index (χ1) is 16.0. The molecular formula is C26H27F3N2O2. The molecule has 1 aliphatic heterocycles. The van der Waals surface area contributed by atoms with Gasteiger partial charge in [-0.25, -0.2) is 13.2 Å². The Bertz CT molecular complexity index is 1170. The molecule has 2 aromatic carbocycles. The number of aliphatic hydroxyl groups excluding tert-OH is 1. The minimum absolute atomic E-state index is 0.0324. The van der Waals surface area contributed by atoms with Crippen LogP contribution < -0.4 is 0 Å². The Balaban J connectivity index is 1.45. The number of carbonyl (C=O) groups is 1. The summed E-state index contributed by atoms with van der Waals surface area (Å²) >= 11 is 0. The van der Waals surface area contributed by atoms with Crippen molar-refractivity contribution in [1.29, 1.82) is 0 Å². The molecule has 1 aromatic heterocycles. The second-order valence-corrected chi connectivity index (χ2v) is 9.29. The molecule has 2 fully saturated rings. The number of piperidine rings is 1. The maximum atomic E-state index is 14.6. The fraction of sp³-hybridized carbons (Fsp3) is 0.423. The minimum Gasteiger partial charge on any atom is -0.396 e. The standard InChI is InChI=1S/C26H27F3N2O2/c27-18-6-4-15(5-7-18)24-23(21-13-19(28)14-22(29)25(21)30-24)16-11-17(12-16)26(33)31-9-2-1-3-20(31)8-10-32/h4-7,13-14,16-17,20,30,32H,1-3,8-12H2/t16?,17?,20-/m1/s1. The highest BCUT2D eigenvalue weighted by Gasteiger charge is 2.41. The Morgan fingerprint density at radius 3 is 2.55 bits per heavy atom. The molecular weight excluding hydrogens is 429 g/mol. The Labute approximate surface area is 190 Å². The molecule has 1 saturated carbocycles. The van der Waals surface area contributed by atoms with E-state index in [4.69, 9.17) is 0 Å². The number of nitrogens with one attached hydrogen (secondary N) is 1. The van der Waals surface area contributed by atoms with Gasteiger partial charge in [0.05, 0.1) is 11.2 Å². The molecule has 1 saturated heterocycles. The van der Waals surface area contributed by atoms with Crippen molar-refractivity contribution in [3.05, 3.63) is 59.4 Å². The van der Waals surface area contributed by atoms with Crippen molar-refractivity contribution < 1.29 is 23.1 Å². The van der Waals surface area contributed by atoms with Gasteiger partial charge >= 0.3 is 0 Å². The van der Waals surface area contributed by atoms with Gasteiger partial charge in [0.1, 0.15) is 17.5 Å². The number of likely N-dealkylation sites (tertiary alicyclic amines) is 1. The number of H-pyrrole nitrogens is 1. The third-order valence-electron chi connectivity index (χ3n) is 7.27. The van der Waals surface area contributed by atoms with Crippen molar-refractivity contribution in [2.45, 2.75) is 50.5 Å². The third-order valence-corrected chi connectivity index (χ3v) is 7.27. The lowest BCUT2D eigenvalue weighted by atomic mass is 9.69. The second-order valence-electron chi connectivity index (χ2n) is 9.29. The number of aliphatic hydroxyl groups is 1. The molecule has 1 atom stereocenters. The topological polar surface area (TPSA) is 56.3 Å². The number of carbonyl (C=O) groups excluding carboxylic acids is 1. The molecule has 0 unspecified atom stereocenters. The Morgan fingerprint density at radius 2 is 1.82 bits per heavy atom. The minimum atomic E-state index is -0.674. The van der Waals surface area contributed by atoms with Crippen LogP contribution in [-0.4, -0.2) is 40.1 Å². The van der Waals surface area contributed by atoms with Crippen LogP contribution in [0.25, 0.3) is 22.2 Å². The number of aromatic amines is 1. The third kappa shape index (κ3) is 4.03. The van der Waals surface area contributed by atoms with Crippen LogP contribution in [0.3, 0.4) is 0 Å². The van der Waals surface area contributed by atoms with Crippen molar-refractivity contribution in [2.75, 3.05) is 13.2 Å². The first kappa shape index (κ1) is 22.0. The summed E-state index contributed by atoms with van der Waals surface area (Å²) in [7, 11) is 0. The SMILES string of the molecule is O=C(C1CC(c2c(-c3ccc(F)cc3)[nH]c3c(F)cc(F)cc23)C1)N1CCCC[C@@H]1CCO. The molecule has 1 amide bonds. The van der Waals surface area contributed by atoms with Crippen molar-refractivity contribution >= 4 is 16.8 Å². The van der Waals surface area contributed by atoms with Crippen LogP contribution in [0, 0.1) is 23.4 Å². The highest BCUT2D eigenvalue weighted by molar-refractivity contribution is 5.92. The normalized spacial score (nSPS) is 23.0. The first-order valence-corrected chi connectivity index (χ1v) is 11.6. The van der Waals surface area contributed by atoms with E-state index in [1.54, 1.807) is 12.1 Å². The number of aromatic nitrogens is 1. The Morgan fingerprint density at radius 1 is 1.06 bits per heavy atom. The zero-order chi connectivity index (χ0) is 23.1. The van der Waals surface area contributed by atoms with E-state index in [-0.39, 0.29) is 41.7 Å². The van der Waals surface area contributed by atoms with Gasteiger partial charge in [0.2, 0.25) is 5.91 Å². The van der Waals surface area contributed by atoms with E-state index in [1.807, 2.05) is 4.90 Å². The maximum Gasteiger partial charge on any atom is 0.225 e. The molecule has 33 heavy (non-hydrogen) atoms. The average Bonchev–Trinajstić information content (AvgIpc) is 3.13. The van der Waals surface area contributed by atoms with Gasteiger partial charge in [-0.3, -0.25) is 4.79 Å². The van der Waals surface area contributed by atoms with Gasteiger partial charge < -0.3 is 15.0 Å². The van der Waals surface area contributed by atoms with E-state index >= 15 is 0 Å². The molecule has 4 nitrogen and oxygen atoms in total. The van der Waals surface area contributed by atoms with E-state index in [0.717, 1.165) is 37.4 Å². The van der Waals surface area contributed by atoms with Gasteiger partial charge in [-0.1, -0.05) is 0 Å². The van der Waals surface area contributed by atoms with Crippen LogP contribution in [0.1, 0.15) is 50.0 Å². The summed E-state index contributed by atoms with van der Waals surface area (Å²) in [5.41, 5.74) is 2.34. The zero-order valence-corrected chi connectivity index (χ0v) is 18.3. The number of amides is 1. The van der Waals surface area contributed by atoms with E-state index in [9.17, 15) is 23.1 Å². The molecule has 0 spiro atoms. The molecule has 7 heteroatoms. The predicted octanol–water partition coefficient (Wildman–Crippen LogP) is 5.51. The van der Waals surface area contributed by atoms with E-state index in [0.29, 0.717) is 35.9 Å². The van der Waals surface area contributed by atoms with Gasteiger partial charge in [0.25, 0.3) is 0 Å². The number of hydrogen-bond acceptors (Lipinski definition) is 2. The van der Waals surface area contributed by atoms with Crippen LogP contribution in [0.15, 0.2) is 36.4 Å². The zero-order valence-electron chi connectivity index (χ0n) is 18.3. The molecule has 2 N–H and O–H groups in total. The predicted molar refractivity (Wildman–Crippen MR) is 120 cm³/mol. The van der Waals surface area contributed by atoms with E-state index in [1.165, 1.54) is 18.2 Å². The molecule has 2 heterocycles. The quantitative estimate of drug-likeness (QED) is 0.532. The fourth-order valence-corrected chi connectivity index (χ4v) is 5.54. The molecule has 174 valence electrons. The number of nitrogens with zero attached hydrogens (tertiary/aromatic N) is 1. The molecule has 2 aliphatic rings. The van der Waals surface area contributed by atoms with Gasteiger partial charge in [-0.15, -0.1) is 0 Å². The van der Waals surface area contributed by atoms with Crippen molar-refractivity contribution in [2.24, 2.45) is 5.92 Å². The highest BCUT2D eigenvalue weighted by Crippen LogP contribution is 2.49. The van der Waals surface area contributed by atoms with E-state index in [2.05, 4.69) is 4.98 Å².